The molecule has 0 spiro atoms. The van der Waals surface area contributed by atoms with Crippen LogP contribution >= 0.6 is 0 Å². The fourth-order valence-electron chi connectivity index (χ4n) is 1.71. The number of fused-ring (bicyclic) bond motifs is 2. The molecule has 0 radical (unpaired) electrons. The molecule has 1 aliphatic rings. The van der Waals surface area contributed by atoms with E-state index in [2.05, 4.69) is 12.1 Å². The monoisotopic (exact) mass is 307 g/mol. The van der Waals surface area contributed by atoms with Crippen LogP contribution in [0.2, 0.25) is 0 Å². The van der Waals surface area contributed by atoms with E-state index in [1.807, 2.05) is 36.4 Å². The Balaban J connectivity index is 2.24. The second-order valence-corrected chi connectivity index (χ2v) is 6.25. The predicted molar refractivity (Wildman–Crippen MR) is 53.7 cm³/mol. The molecule has 1 nitrogen and oxygen atoms in total. The zero-order chi connectivity index (χ0) is 10.3. The van der Waals surface area contributed by atoms with Crippen molar-refractivity contribution in [3.63, 3.8) is 0 Å². The van der Waals surface area contributed by atoms with Crippen molar-refractivity contribution in [2.45, 2.75) is 0 Å². The summed E-state index contributed by atoms with van der Waals surface area (Å²) in [6, 6.07) is 15.9. The molecular weight excluding hydrogens is 299 g/mol. The number of benzene rings is 2. The normalized spacial score (nSPS) is 13.7. The Morgan fingerprint density at radius 1 is 0.733 bits per heavy atom. The summed E-state index contributed by atoms with van der Waals surface area (Å²) in [5.41, 5.74) is 1.81. The maximum atomic E-state index is 12.1. The molecule has 0 bridgehead atoms. The summed E-state index contributed by atoms with van der Waals surface area (Å²) in [5.74, 6) is 0.187. The molecule has 15 heavy (non-hydrogen) atoms. The van der Waals surface area contributed by atoms with Crippen LogP contribution < -0.4 is 21.2 Å². The molecule has 0 aromatic heterocycles. The molecule has 0 amide bonds. The summed E-state index contributed by atoms with van der Waals surface area (Å²) < 4.78 is 2.50. The average molecular weight is 307 g/mol. The molecule has 1 heterocycles. The summed E-state index contributed by atoms with van der Waals surface area (Å²) in [6.07, 6.45) is 0. The van der Waals surface area contributed by atoms with Crippen LogP contribution in [0.4, 0.5) is 0 Å². The molecule has 0 atom stereocenters. The van der Waals surface area contributed by atoms with Gasteiger partial charge < -0.3 is 0 Å². The standard InChI is InChI=1S/C13H8IO/c15-13-9-5-1-3-7-11(9)14-12-8-4-2-6-10(12)13/h1-8H/q-1. The van der Waals surface area contributed by atoms with Crippen molar-refractivity contribution in [2.24, 2.45) is 0 Å². The summed E-state index contributed by atoms with van der Waals surface area (Å²) in [6.45, 7) is 0. The van der Waals surface area contributed by atoms with Crippen LogP contribution in [-0.2, 0) is 0 Å². The van der Waals surface area contributed by atoms with Crippen LogP contribution in [0, 0.1) is 7.14 Å². The van der Waals surface area contributed by atoms with E-state index in [0.29, 0.717) is 0 Å². The molecule has 74 valence electrons. The summed E-state index contributed by atoms with van der Waals surface area (Å²) in [5, 5.41) is 0. The Morgan fingerprint density at radius 2 is 1.20 bits per heavy atom. The second-order valence-electron chi connectivity index (χ2n) is 3.38. The fourth-order valence-corrected chi connectivity index (χ4v) is 4.54. The Kier molecular flexibility index (Phi) is 2.09. The number of halogens is 1. The molecule has 0 saturated heterocycles. The number of rotatable bonds is 0. The van der Waals surface area contributed by atoms with Gasteiger partial charge in [0, 0.05) is 0 Å². The maximum absolute atomic E-state index is 12.1. The molecule has 2 heteroatoms. The Bertz CT molecular complexity index is 498. The third kappa shape index (κ3) is 1.40. The average Bonchev–Trinajstić information content (AvgIpc) is 2.30. The van der Waals surface area contributed by atoms with Gasteiger partial charge in [0.2, 0.25) is 0 Å². The van der Waals surface area contributed by atoms with Gasteiger partial charge in [-0.25, -0.2) is 0 Å². The quantitative estimate of drug-likeness (QED) is 0.505. The molecule has 0 saturated carbocycles. The topological polar surface area (TPSA) is 17.1 Å². The van der Waals surface area contributed by atoms with Crippen molar-refractivity contribution in [3.8, 4) is 0 Å². The molecule has 1 aliphatic heterocycles. The van der Waals surface area contributed by atoms with Gasteiger partial charge in [-0.3, -0.25) is 0 Å². The van der Waals surface area contributed by atoms with E-state index in [9.17, 15) is 4.79 Å². The zero-order valence-electron chi connectivity index (χ0n) is 7.91. The number of carbonyl (C=O) groups is 1. The van der Waals surface area contributed by atoms with Crippen molar-refractivity contribution >= 4 is 5.78 Å². The third-order valence-corrected chi connectivity index (χ3v) is 5.48. The van der Waals surface area contributed by atoms with Gasteiger partial charge in [-0.15, -0.1) is 0 Å². The molecule has 0 fully saturated rings. The number of ketones is 1. The minimum atomic E-state index is -0.173. The summed E-state index contributed by atoms with van der Waals surface area (Å²) in [7, 11) is 0. The first kappa shape index (κ1) is 9.09. The van der Waals surface area contributed by atoms with Gasteiger partial charge in [0.15, 0.2) is 0 Å². The summed E-state index contributed by atoms with van der Waals surface area (Å²) >= 11 is -0.173. The Hall–Kier alpha value is -1.16. The predicted octanol–water partition coefficient (Wildman–Crippen LogP) is -0.641. The van der Waals surface area contributed by atoms with Gasteiger partial charge in [-0.05, 0) is 0 Å². The molecular formula is C13H8IO-. The van der Waals surface area contributed by atoms with Gasteiger partial charge in [0.05, 0.1) is 0 Å². The molecule has 0 N–H and O–H groups in total. The van der Waals surface area contributed by atoms with Crippen LogP contribution in [0.3, 0.4) is 0 Å². The van der Waals surface area contributed by atoms with Crippen molar-refractivity contribution < 1.29 is 26.0 Å². The van der Waals surface area contributed by atoms with Gasteiger partial charge in [-0.2, -0.15) is 0 Å². The van der Waals surface area contributed by atoms with E-state index in [1.54, 1.807) is 0 Å². The SMILES string of the molecule is O=C1c2ccccc2[I-]c2ccccc21. The number of hydrogen-bond donors (Lipinski definition) is 0. The van der Waals surface area contributed by atoms with E-state index in [-0.39, 0.29) is 27.0 Å². The molecule has 2 aromatic carbocycles. The van der Waals surface area contributed by atoms with Crippen LogP contribution in [0.1, 0.15) is 15.9 Å². The first-order valence-electron chi connectivity index (χ1n) is 4.74. The van der Waals surface area contributed by atoms with E-state index >= 15 is 0 Å². The van der Waals surface area contributed by atoms with Gasteiger partial charge >= 0.3 is 98.6 Å². The fraction of sp³-hybridized carbons (Fsp3) is 0. The zero-order valence-corrected chi connectivity index (χ0v) is 10.1. The third-order valence-electron chi connectivity index (χ3n) is 2.44. The Morgan fingerprint density at radius 3 is 1.73 bits per heavy atom. The van der Waals surface area contributed by atoms with Crippen LogP contribution in [-0.4, -0.2) is 5.78 Å². The second kappa shape index (κ2) is 3.45. The van der Waals surface area contributed by atoms with E-state index in [4.69, 9.17) is 0 Å². The van der Waals surface area contributed by atoms with Crippen LogP contribution in [0.25, 0.3) is 0 Å². The van der Waals surface area contributed by atoms with E-state index in [0.717, 1.165) is 11.1 Å². The van der Waals surface area contributed by atoms with Crippen molar-refractivity contribution in [1.29, 1.82) is 0 Å². The van der Waals surface area contributed by atoms with E-state index < -0.39 is 0 Å². The van der Waals surface area contributed by atoms with Gasteiger partial charge in [0.1, 0.15) is 0 Å². The first-order valence-corrected chi connectivity index (χ1v) is 6.89. The molecule has 2 aromatic rings. The first-order chi connectivity index (χ1) is 7.36. The van der Waals surface area contributed by atoms with Crippen LogP contribution in [0.15, 0.2) is 48.5 Å². The van der Waals surface area contributed by atoms with Crippen molar-refractivity contribution in [2.75, 3.05) is 0 Å². The Labute approximate surface area is 98.4 Å². The molecule has 0 aliphatic carbocycles. The van der Waals surface area contributed by atoms with Crippen molar-refractivity contribution in [3.05, 3.63) is 66.8 Å². The molecule has 3 rings (SSSR count). The number of carbonyl (C=O) groups excluding carboxylic acids is 1. The summed E-state index contributed by atoms with van der Waals surface area (Å²) in [4.78, 5) is 12.1. The van der Waals surface area contributed by atoms with Crippen LogP contribution in [0.5, 0.6) is 0 Å². The van der Waals surface area contributed by atoms with Crippen molar-refractivity contribution in [1.82, 2.24) is 0 Å². The minimum absolute atomic E-state index is 0.173. The number of hydrogen-bond acceptors (Lipinski definition) is 1. The molecule has 0 unspecified atom stereocenters. The van der Waals surface area contributed by atoms with E-state index in [1.165, 1.54) is 7.14 Å². The van der Waals surface area contributed by atoms with Gasteiger partial charge in [0.25, 0.3) is 0 Å². The van der Waals surface area contributed by atoms with Gasteiger partial charge in [-0.1, -0.05) is 0 Å².